The molecule has 0 aliphatic heterocycles. The van der Waals surface area contributed by atoms with Gasteiger partial charge in [-0.05, 0) is 27.7 Å². The van der Waals surface area contributed by atoms with Crippen molar-refractivity contribution in [1.29, 1.82) is 0 Å². The van der Waals surface area contributed by atoms with E-state index in [1.807, 2.05) is 46.7 Å². The van der Waals surface area contributed by atoms with E-state index in [0.717, 1.165) is 11.7 Å². The maximum absolute atomic E-state index is 4.31. The van der Waals surface area contributed by atoms with E-state index in [9.17, 15) is 0 Å². The van der Waals surface area contributed by atoms with E-state index in [1.165, 1.54) is 0 Å². The molecule has 3 nitrogen and oxygen atoms in total. The van der Waals surface area contributed by atoms with Crippen LogP contribution in [0.5, 0.6) is 0 Å². The van der Waals surface area contributed by atoms with E-state index < -0.39 is 0 Å². The van der Waals surface area contributed by atoms with E-state index >= 15 is 0 Å². The summed E-state index contributed by atoms with van der Waals surface area (Å²) in [6.45, 7) is 7.99. The standard InChI is InChI=1S/C9H19N3/c1-7(2)10-8(3)11-9(4)12(5)6/h7H,1-6H3/b10-8+,11-9+. The largest absolute Gasteiger partial charge is 0.366 e. The van der Waals surface area contributed by atoms with Gasteiger partial charge in [0, 0.05) is 20.1 Å². The molecule has 0 unspecified atom stereocenters. The van der Waals surface area contributed by atoms with Crippen LogP contribution < -0.4 is 0 Å². The van der Waals surface area contributed by atoms with E-state index in [1.54, 1.807) is 0 Å². The Morgan fingerprint density at radius 1 is 1.17 bits per heavy atom. The van der Waals surface area contributed by atoms with E-state index in [0.29, 0.717) is 6.04 Å². The summed E-state index contributed by atoms with van der Waals surface area (Å²) in [7, 11) is 3.95. The van der Waals surface area contributed by atoms with Crippen molar-refractivity contribution in [3.8, 4) is 0 Å². The van der Waals surface area contributed by atoms with Crippen LogP contribution in [0.2, 0.25) is 0 Å². The summed E-state index contributed by atoms with van der Waals surface area (Å²) in [5.41, 5.74) is 0. The highest BCUT2D eigenvalue weighted by Crippen LogP contribution is 1.91. The lowest BCUT2D eigenvalue weighted by atomic mass is 10.4. The van der Waals surface area contributed by atoms with Crippen molar-refractivity contribution < 1.29 is 0 Å². The SMILES string of the molecule is CC(=N\C(C)C)/N=C(\C)N(C)C. The second-order valence-electron chi connectivity index (χ2n) is 3.32. The molecule has 0 saturated heterocycles. The van der Waals surface area contributed by atoms with Crippen LogP contribution in [0.4, 0.5) is 0 Å². The monoisotopic (exact) mass is 169 g/mol. The molecule has 0 atom stereocenters. The second-order valence-corrected chi connectivity index (χ2v) is 3.32. The lowest BCUT2D eigenvalue weighted by Crippen LogP contribution is -2.19. The summed E-state index contributed by atoms with van der Waals surface area (Å²) in [4.78, 5) is 10.6. The molecule has 0 aromatic carbocycles. The highest BCUT2D eigenvalue weighted by atomic mass is 15.1. The molecular formula is C9H19N3. The topological polar surface area (TPSA) is 28.0 Å². The summed E-state index contributed by atoms with van der Waals surface area (Å²) < 4.78 is 0. The third-order valence-corrected chi connectivity index (χ3v) is 1.42. The predicted molar refractivity (Wildman–Crippen MR) is 55.0 cm³/mol. The number of aliphatic imine (C=N–C) groups is 2. The van der Waals surface area contributed by atoms with Gasteiger partial charge in [0.05, 0.1) is 0 Å². The third-order valence-electron chi connectivity index (χ3n) is 1.42. The maximum Gasteiger partial charge on any atom is 0.122 e. The number of rotatable bonds is 1. The minimum atomic E-state index is 0.323. The van der Waals surface area contributed by atoms with Crippen LogP contribution in [0.3, 0.4) is 0 Å². The van der Waals surface area contributed by atoms with Gasteiger partial charge in [0.2, 0.25) is 0 Å². The Morgan fingerprint density at radius 2 is 1.67 bits per heavy atom. The molecule has 0 aliphatic carbocycles. The van der Waals surface area contributed by atoms with Gasteiger partial charge in [-0.15, -0.1) is 0 Å². The third kappa shape index (κ3) is 4.88. The first-order valence-electron chi connectivity index (χ1n) is 4.20. The van der Waals surface area contributed by atoms with Crippen LogP contribution in [-0.4, -0.2) is 36.7 Å². The molecule has 12 heavy (non-hydrogen) atoms. The zero-order valence-corrected chi connectivity index (χ0v) is 8.92. The van der Waals surface area contributed by atoms with Crippen LogP contribution in [0.25, 0.3) is 0 Å². The lowest BCUT2D eigenvalue weighted by molar-refractivity contribution is 0.619. The van der Waals surface area contributed by atoms with Crippen LogP contribution in [0, 0.1) is 0 Å². The Balaban J connectivity index is 4.33. The van der Waals surface area contributed by atoms with Crippen molar-refractivity contribution in [2.45, 2.75) is 33.7 Å². The Morgan fingerprint density at radius 3 is 2.00 bits per heavy atom. The van der Waals surface area contributed by atoms with Crippen molar-refractivity contribution in [1.82, 2.24) is 4.90 Å². The van der Waals surface area contributed by atoms with Gasteiger partial charge in [0.25, 0.3) is 0 Å². The van der Waals surface area contributed by atoms with Crippen molar-refractivity contribution in [2.75, 3.05) is 14.1 Å². The molecule has 0 amide bonds. The van der Waals surface area contributed by atoms with Crippen LogP contribution in [0.1, 0.15) is 27.7 Å². The van der Waals surface area contributed by atoms with Crippen molar-refractivity contribution >= 4 is 11.7 Å². The quantitative estimate of drug-likeness (QED) is 0.434. The van der Waals surface area contributed by atoms with Gasteiger partial charge in [0.15, 0.2) is 0 Å². The maximum atomic E-state index is 4.31. The second kappa shape index (κ2) is 4.91. The molecule has 0 fully saturated rings. The fourth-order valence-corrected chi connectivity index (χ4v) is 0.737. The molecule has 0 N–H and O–H groups in total. The average Bonchev–Trinajstić information content (AvgIpc) is 1.84. The molecule has 3 heteroatoms. The van der Waals surface area contributed by atoms with Crippen LogP contribution in [-0.2, 0) is 0 Å². The molecule has 0 rings (SSSR count). The minimum absolute atomic E-state index is 0.323. The molecule has 0 saturated carbocycles. The van der Waals surface area contributed by atoms with Gasteiger partial charge in [-0.25, -0.2) is 4.99 Å². The van der Waals surface area contributed by atoms with E-state index in [4.69, 9.17) is 0 Å². The molecule has 0 aliphatic rings. The normalized spacial score (nSPS) is 13.9. The zero-order chi connectivity index (χ0) is 9.72. The van der Waals surface area contributed by atoms with Gasteiger partial charge in [0.1, 0.15) is 11.7 Å². The molecule has 0 radical (unpaired) electrons. The first-order chi connectivity index (χ1) is 5.43. The average molecular weight is 169 g/mol. The first kappa shape index (κ1) is 11.1. The molecule has 0 bridgehead atoms. The zero-order valence-electron chi connectivity index (χ0n) is 8.92. The molecule has 70 valence electrons. The fourth-order valence-electron chi connectivity index (χ4n) is 0.737. The van der Waals surface area contributed by atoms with Crippen molar-refractivity contribution in [2.24, 2.45) is 9.98 Å². The number of hydrogen-bond donors (Lipinski definition) is 0. The van der Waals surface area contributed by atoms with E-state index in [-0.39, 0.29) is 0 Å². The molecule has 0 spiro atoms. The van der Waals surface area contributed by atoms with Crippen molar-refractivity contribution in [3.63, 3.8) is 0 Å². The summed E-state index contributed by atoms with van der Waals surface area (Å²) in [5, 5.41) is 0. The van der Waals surface area contributed by atoms with Gasteiger partial charge in [-0.2, -0.15) is 0 Å². The smallest absolute Gasteiger partial charge is 0.122 e. The van der Waals surface area contributed by atoms with Gasteiger partial charge in [-0.3, -0.25) is 4.99 Å². The van der Waals surface area contributed by atoms with Gasteiger partial charge in [-0.1, -0.05) is 0 Å². The molecule has 0 aromatic rings. The number of amidine groups is 2. The van der Waals surface area contributed by atoms with E-state index in [2.05, 4.69) is 9.98 Å². The van der Waals surface area contributed by atoms with Crippen LogP contribution in [0.15, 0.2) is 9.98 Å². The summed E-state index contributed by atoms with van der Waals surface area (Å²) in [5.74, 6) is 1.83. The summed E-state index contributed by atoms with van der Waals surface area (Å²) >= 11 is 0. The van der Waals surface area contributed by atoms with Crippen molar-refractivity contribution in [3.05, 3.63) is 0 Å². The first-order valence-corrected chi connectivity index (χ1v) is 4.20. The Bertz CT molecular complexity index is 190. The van der Waals surface area contributed by atoms with Crippen LogP contribution >= 0.6 is 0 Å². The Hall–Kier alpha value is -0.860. The Labute approximate surface area is 75.2 Å². The molecular weight excluding hydrogens is 150 g/mol. The predicted octanol–water partition coefficient (Wildman–Crippen LogP) is 1.79. The molecule has 0 heterocycles. The highest BCUT2D eigenvalue weighted by Gasteiger charge is 1.94. The molecule has 0 aromatic heterocycles. The number of hydrogen-bond acceptors (Lipinski definition) is 1. The van der Waals surface area contributed by atoms with Gasteiger partial charge < -0.3 is 4.90 Å². The minimum Gasteiger partial charge on any atom is -0.366 e. The summed E-state index contributed by atoms with van der Waals surface area (Å²) in [6, 6.07) is 0.323. The number of nitrogens with zero attached hydrogens (tertiary/aromatic N) is 3. The Kier molecular flexibility index (Phi) is 4.55. The summed E-state index contributed by atoms with van der Waals surface area (Å²) in [6.07, 6.45) is 0. The van der Waals surface area contributed by atoms with Gasteiger partial charge >= 0.3 is 0 Å². The fraction of sp³-hybridized carbons (Fsp3) is 0.778. The highest BCUT2D eigenvalue weighted by molar-refractivity contribution is 5.94. The lowest BCUT2D eigenvalue weighted by Gasteiger charge is -2.10.